The molecule has 1 aromatic rings. The summed E-state index contributed by atoms with van der Waals surface area (Å²) >= 11 is 0. The van der Waals surface area contributed by atoms with Gasteiger partial charge in [-0.2, -0.15) is 0 Å². The molecule has 0 aliphatic rings. The van der Waals surface area contributed by atoms with E-state index in [1.807, 2.05) is 46.3 Å². The first kappa shape index (κ1) is 9.07. The van der Waals surface area contributed by atoms with Crippen LogP contribution in [0.1, 0.15) is 5.56 Å². The van der Waals surface area contributed by atoms with Crippen molar-refractivity contribution >= 4 is 5.69 Å². The molecule has 0 aliphatic carbocycles. The topological polar surface area (TPSA) is 20.2 Å². The molecule has 0 fully saturated rings. The second-order valence-electron chi connectivity index (χ2n) is 3.96. The molecule has 0 bridgehead atoms. The van der Waals surface area contributed by atoms with E-state index in [-0.39, 0.29) is 0 Å². The van der Waals surface area contributed by atoms with Crippen molar-refractivity contribution in [1.29, 1.82) is 0 Å². The summed E-state index contributed by atoms with van der Waals surface area (Å²) in [4.78, 5) is 0. The second kappa shape index (κ2) is 2.79. The van der Waals surface area contributed by atoms with Gasteiger partial charge in [0.15, 0.2) is 11.4 Å². The SMILES string of the molecule is Cc1cccc([N+](C)(C)C)c1O. The van der Waals surface area contributed by atoms with Crippen LogP contribution < -0.4 is 4.48 Å². The van der Waals surface area contributed by atoms with Crippen LogP contribution in [0.15, 0.2) is 18.2 Å². The molecule has 0 aromatic heterocycles. The van der Waals surface area contributed by atoms with Crippen molar-refractivity contribution in [1.82, 2.24) is 4.48 Å². The summed E-state index contributed by atoms with van der Waals surface area (Å²) in [5.41, 5.74) is 1.88. The molecule has 0 saturated carbocycles. The van der Waals surface area contributed by atoms with E-state index in [4.69, 9.17) is 0 Å². The highest BCUT2D eigenvalue weighted by Gasteiger charge is 2.17. The molecule has 2 heteroatoms. The predicted molar refractivity (Wildman–Crippen MR) is 52.4 cm³/mol. The van der Waals surface area contributed by atoms with E-state index in [0.29, 0.717) is 10.2 Å². The summed E-state index contributed by atoms with van der Waals surface area (Å²) in [5.74, 6) is 0.407. The van der Waals surface area contributed by atoms with Crippen molar-refractivity contribution in [2.24, 2.45) is 0 Å². The van der Waals surface area contributed by atoms with Gasteiger partial charge in [0.1, 0.15) is 0 Å². The van der Waals surface area contributed by atoms with Crippen molar-refractivity contribution in [2.75, 3.05) is 21.1 Å². The van der Waals surface area contributed by atoms with Crippen LogP contribution in [0.25, 0.3) is 0 Å². The minimum absolute atomic E-state index is 0.407. The Morgan fingerprint density at radius 3 is 2.17 bits per heavy atom. The number of quaternary nitrogens is 1. The Kier molecular flexibility index (Phi) is 2.11. The fourth-order valence-corrected chi connectivity index (χ4v) is 1.18. The van der Waals surface area contributed by atoms with Gasteiger partial charge in [0.25, 0.3) is 0 Å². The number of hydrogen-bond donors (Lipinski definition) is 1. The second-order valence-corrected chi connectivity index (χ2v) is 3.96. The molecule has 0 spiro atoms. The Morgan fingerprint density at radius 1 is 1.17 bits per heavy atom. The molecule has 1 aromatic carbocycles. The Bertz CT molecular complexity index is 286. The summed E-state index contributed by atoms with van der Waals surface area (Å²) in [6.45, 7) is 1.91. The zero-order valence-electron chi connectivity index (χ0n) is 8.13. The highest BCUT2D eigenvalue weighted by atomic mass is 16.3. The van der Waals surface area contributed by atoms with E-state index < -0.39 is 0 Å². The number of nitrogens with zero attached hydrogens (tertiary/aromatic N) is 1. The molecule has 0 amide bonds. The quantitative estimate of drug-likeness (QED) is 0.632. The van der Waals surface area contributed by atoms with Crippen LogP contribution in [-0.4, -0.2) is 26.2 Å². The number of hydrogen-bond acceptors (Lipinski definition) is 1. The van der Waals surface area contributed by atoms with Gasteiger partial charge in [-0.05, 0) is 12.5 Å². The van der Waals surface area contributed by atoms with Gasteiger partial charge >= 0.3 is 0 Å². The van der Waals surface area contributed by atoms with Crippen molar-refractivity contribution < 1.29 is 5.11 Å². The maximum Gasteiger partial charge on any atom is 0.180 e. The fourth-order valence-electron chi connectivity index (χ4n) is 1.18. The summed E-state index contributed by atoms with van der Waals surface area (Å²) in [6, 6.07) is 5.82. The number of phenols is 1. The molecule has 0 radical (unpaired) electrons. The Labute approximate surface area is 73.7 Å². The zero-order valence-corrected chi connectivity index (χ0v) is 8.13. The summed E-state index contributed by atoms with van der Waals surface area (Å²) in [7, 11) is 6.11. The van der Waals surface area contributed by atoms with Gasteiger partial charge in [0.05, 0.1) is 21.1 Å². The van der Waals surface area contributed by atoms with Crippen LogP contribution in [0.5, 0.6) is 5.75 Å². The maximum absolute atomic E-state index is 9.72. The third kappa shape index (κ3) is 1.59. The van der Waals surface area contributed by atoms with Crippen molar-refractivity contribution in [3.63, 3.8) is 0 Å². The van der Waals surface area contributed by atoms with Crippen LogP contribution in [0.4, 0.5) is 5.69 Å². The first-order valence-corrected chi connectivity index (χ1v) is 4.03. The predicted octanol–water partition coefficient (Wildman–Crippen LogP) is 1.90. The number of rotatable bonds is 1. The lowest BCUT2D eigenvalue weighted by molar-refractivity contribution is 0.424. The monoisotopic (exact) mass is 166 g/mol. The summed E-state index contributed by atoms with van der Waals surface area (Å²) in [6.07, 6.45) is 0. The van der Waals surface area contributed by atoms with Crippen LogP contribution in [-0.2, 0) is 0 Å². The average molecular weight is 166 g/mol. The highest BCUT2D eigenvalue weighted by molar-refractivity contribution is 5.57. The third-order valence-corrected chi connectivity index (χ3v) is 1.94. The molecule has 66 valence electrons. The maximum atomic E-state index is 9.72. The average Bonchev–Trinajstić information content (AvgIpc) is 1.92. The molecule has 0 heterocycles. The first-order valence-electron chi connectivity index (χ1n) is 4.03. The minimum Gasteiger partial charge on any atom is -0.503 e. The van der Waals surface area contributed by atoms with Gasteiger partial charge in [0.2, 0.25) is 0 Å². The van der Waals surface area contributed by atoms with Gasteiger partial charge < -0.3 is 5.11 Å². The number of aryl methyl sites for hydroxylation is 1. The van der Waals surface area contributed by atoms with Crippen molar-refractivity contribution in [3.05, 3.63) is 23.8 Å². The van der Waals surface area contributed by atoms with Crippen LogP contribution in [0.3, 0.4) is 0 Å². The molecular weight excluding hydrogens is 150 g/mol. The Hall–Kier alpha value is -1.02. The molecule has 0 atom stereocenters. The van der Waals surface area contributed by atoms with Gasteiger partial charge in [-0.25, -0.2) is 0 Å². The number of phenolic OH excluding ortho intramolecular Hbond substituents is 1. The summed E-state index contributed by atoms with van der Waals surface area (Å²) < 4.78 is 0.646. The Balaban J connectivity index is 3.26. The summed E-state index contributed by atoms with van der Waals surface area (Å²) in [5, 5.41) is 9.72. The molecule has 0 saturated heterocycles. The Morgan fingerprint density at radius 2 is 1.75 bits per heavy atom. The van der Waals surface area contributed by atoms with Crippen LogP contribution in [0.2, 0.25) is 0 Å². The van der Waals surface area contributed by atoms with Crippen LogP contribution >= 0.6 is 0 Å². The lowest BCUT2D eigenvalue weighted by atomic mass is 10.1. The molecule has 2 nitrogen and oxygen atoms in total. The first-order chi connectivity index (χ1) is 5.43. The van der Waals surface area contributed by atoms with Gasteiger partial charge in [-0.3, -0.25) is 4.48 Å². The third-order valence-electron chi connectivity index (χ3n) is 1.94. The van der Waals surface area contributed by atoms with E-state index in [1.54, 1.807) is 0 Å². The van der Waals surface area contributed by atoms with E-state index in [1.165, 1.54) is 0 Å². The zero-order chi connectivity index (χ0) is 9.35. The van der Waals surface area contributed by atoms with E-state index >= 15 is 0 Å². The van der Waals surface area contributed by atoms with Gasteiger partial charge in [-0.15, -0.1) is 0 Å². The van der Waals surface area contributed by atoms with E-state index in [0.717, 1.165) is 11.3 Å². The molecule has 0 unspecified atom stereocenters. The van der Waals surface area contributed by atoms with Crippen LogP contribution in [0, 0.1) is 6.92 Å². The smallest absolute Gasteiger partial charge is 0.180 e. The highest BCUT2D eigenvalue weighted by Crippen LogP contribution is 2.31. The normalized spacial score (nSPS) is 11.7. The molecular formula is C10H16NO+. The van der Waals surface area contributed by atoms with E-state index in [2.05, 4.69) is 0 Å². The number of aromatic hydroxyl groups is 1. The lowest BCUT2D eigenvalue weighted by Gasteiger charge is -2.24. The molecule has 0 aliphatic heterocycles. The largest absolute Gasteiger partial charge is 0.503 e. The van der Waals surface area contributed by atoms with Crippen molar-refractivity contribution in [3.8, 4) is 5.75 Å². The van der Waals surface area contributed by atoms with E-state index in [9.17, 15) is 5.11 Å². The number of para-hydroxylation sites is 1. The van der Waals surface area contributed by atoms with Gasteiger partial charge in [0, 0.05) is 6.07 Å². The fraction of sp³-hybridized carbons (Fsp3) is 0.400. The minimum atomic E-state index is 0.407. The molecule has 12 heavy (non-hydrogen) atoms. The molecule has 1 N–H and O–H groups in total. The standard InChI is InChI=1S/C10H15NO/c1-8-6-5-7-9(10(8)12)11(2,3)4/h5-7H,1-4H3/p+1. The van der Waals surface area contributed by atoms with Crippen molar-refractivity contribution in [2.45, 2.75) is 6.92 Å². The van der Waals surface area contributed by atoms with Gasteiger partial charge in [-0.1, -0.05) is 12.1 Å². The number of benzene rings is 1. The lowest BCUT2D eigenvalue weighted by Crippen LogP contribution is -2.34. The molecule has 1 rings (SSSR count).